The highest BCUT2D eigenvalue weighted by Gasteiger charge is 2.07. The molecule has 0 aromatic heterocycles. The second-order valence-electron chi connectivity index (χ2n) is 4.04. The number of rotatable bonds is 12. The molecule has 2 N–H and O–H groups in total. The second kappa shape index (κ2) is 13.4. The Balaban J connectivity index is 3.55. The quantitative estimate of drug-likeness (QED) is 0.245. The summed E-state index contributed by atoms with van der Waals surface area (Å²) in [4.78, 5) is 22.2. The molecule has 2 amide bonds. The highest BCUT2D eigenvalue weighted by molar-refractivity contribution is 5.81. The molecule has 0 aliphatic heterocycles. The van der Waals surface area contributed by atoms with Gasteiger partial charge in [0.25, 0.3) is 0 Å². The first-order chi connectivity index (χ1) is 10.1. The predicted octanol–water partition coefficient (Wildman–Crippen LogP) is 1.19. The molecule has 0 saturated carbocycles. The van der Waals surface area contributed by atoms with Crippen LogP contribution in [0, 0.1) is 0 Å². The standard InChI is InChI=1S/C14H26N2O5/c1-4-12(17)21-11-10-16-14(18)15-9-7-8-13(19-5-2)20-6-3/h4,13H,1,5-11H2,2-3H3,(H2,15,16,18). The van der Waals surface area contributed by atoms with Gasteiger partial charge in [-0.05, 0) is 20.3 Å². The Morgan fingerprint density at radius 2 is 1.76 bits per heavy atom. The van der Waals surface area contributed by atoms with Crippen molar-refractivity contribution in [1.29, 1.82) is 0 Å². The van der Waals surface area contributed by atoms with Crippen molar-refractivity contribution in [1.82, 2.24) is 10.6 Å². The first-order valence-corrected chi connectivity index (χ1v) is 7.18. The van der Waals surface area contributed by atoms with Crippen molar-refractivity contribution < 1.29 is 23.8 Å². The van der Waals surface area contributed by atoms with E-state index >= 15 is 0 Å². The van der Waals surface area contributed by atoms with Crippen LogP contribution in [0.4, 0.5) is 4.79 Å². The molecule has 0 atom stereocenters. The average Bonchev–Trinajstić information content (AvgIpc) is 2.48. The summed E-state index contributed by atoms with van der Waals surface area (Å²) in [6.45, 7) is 9.19. The van der Waals surface area contributed by atoms with E-state index in [4.69, 9.17) is 14.2 Å². The molecule has 0 fully saturated rings. The third-order valence-electron chi connectivity index (χ3n) is 2.41. The number of amides is 2. The Labute approximate surface area is 126 Å². The summed E-state index contributed by atoms with van der Waals surface area (Å²) in [7, 11) is 0. The Morgan fingerprint density at radius 1 is 1.14 bits per heavy atom. The number of carbonyl (C=O) groups excluding carboxylic acids is 2. The molecule has 0 rings (SSSR count). The fourth-order valence-corrected chi connectivity index (χ4v) is 1.49. The van der Waals surface area contributed by atoms with Crippen molar-refractivity contribution in [2.45, 2.75) is 33.0 Å². The molecule has 0 bridgehead atoms. The number of nitrogens with one attached hydrogen (secondary N) is 2. The third-order valence-corrected chi connectivity index (χ3v) is 2.41. The summed E-state index contributed by atoms with van der Waals surface area (Å²) in [5.74, 6) is -0.505. The molecule has 0 aliphatic rings. The lowest BCUT2D eigenvalue weighted by Gasteiger charge is -2.16. The lowest BCUT2D eigenvalue weighted by molar-refractivity contribution is -0.139. The van der Waals surface area contributed by atoms with Crippen molar-refractivity contribution >= 4 is 12.0 Å². The predicted molar refractivity (Wildman–Crippen MR) is 78.8 cm³/mol. The summed E-state index contributed by atoms with van der Waals surface area (Å²) in [6, 6.07) is -0.297. The highest BCUT2D eigenvalue weighted by Crippen LogP contribution is 2.03. The maximum absolute atomic E-state index is 11.4. The van der Waals surface area contributed by atoms with E-state index in [2.05, 4.69) is 17.2 Å². The first-order valence-electron chi connectivity index (χ1n) is 7.18. The maximum atomic E-state index is 11.4. The zero-order chi connectivity index (χ0) is 15.9. The lowest BCUT2D eigenvalue weighted by atomic mass is 10.3. The molecule has 0 unspecified atom stereocenters. The van der Waals surface area contributed by atoms with Gasteiger partial charge in [0, 0.05) is 32.3 Å². The smallest absolute Gasteiger partial charge is 0.330 e. The van der Waals surface area contributed by atoms with Gasteiger partial charge in [-0.3, -0.25) is 0 Å². The van der Waals surface area contributed by atoms with Crippen molar-refractivity contribution in [3.05, 3.63) is 12.7 Å². The molecule has 0 aromatic carbocycles. The van der Waals surface area contributed by atoms with Gasteiger partial charge in [0.1, 0.15) is 6.61 Å². The van der Waals surface area contributed by atoms with Crippen LogP contribution >= 0.6 is 0 Å². The van der Waals surface area contributed by atoms with Crippen molar-refractivity contribution in [3.63, 3.8) is 0 Å². The zero-order valence-corrected chi connectivity index (χ0v) is 12.9. The van der Waals surface area contributed by atoms with Gasteiger partial charge in [0.15, 0.2) is 6.29 Å². The lowest BCUT2D eigenvalue weighted by Crippen LogP contribution is -2.38. The summed E-state index contributed by atoms with van der Waals surface area (Å²) >= 11 is 0. The zero-order valence-electron chi connectivity index (χ0n) is 12.9. The van der Waals surface area contributed by atoms with Gasteiger partial charge < -0.3 is 24.8 Å². The normalized spacial score (nSPS) is 10.2. The number of hydrogen-bond donors (Lipinski definition) is 2. The summed E-state index contributed by atoms with van der Waals surface area (Å²) in [6.07, 6.45) is 2.33. The topological polar surface area (TPSA) is 85.9 Å². The summed E-state index contributed by atoms with van der Waals surface area (Å²) in [5, 5.41) is 5.28. The Morgan fingerprint density at radius 3 is 2.33 bits per heavy atom. The molecule has 21 heavy (non-hydrogen) atoms. The van der Waals surface area contributed by atoms with E-state index in [-0.39, 0.29) is 25.5 Å². The number of urea groups is 1. The van der Waals surface area contributed by atoms with Crippen molar-refractivity contribution in [2.75, 3.05) is 32.9 Å². The van der Waals surface area contributed by atoms with Crippen LogP contribution in [0.5, 0.6) is 0 Å². The number of hydrogen-bond acceptors (Lipinski definition) is 5. The molecule has 0 aliphatic carbocycles. The second-order valence-corrected chi connectivity index (χ2v) is 4.04. The largest absolute Gasteiger partial charge is 0.461 e. The molecular formula is C14H26N2O5. The molecule has 0 saturated heterocycles. The fourth-order valence-electron chi connectivity index (χ4n) is 1.49. The number of ether oxygens (including phenoxy) is 3. The summed E-state index contributed by atoms with van der Waals surface area (Å²) in [5.41, 5.74) is 0. The van der Waals surface area contributed by atoms with Crippen LogP contribution in [0.15, 0.2) is 12.7 Å². The minimum Gasteiger partial charge on any atom is -0.461 e. The van der Waals surface area contributed by atoms with E-state index in [0.717, 1.165) is 18.9 Å². The number of carbonyl (C=O) groups is 2. The molecule has 7 heteroatoms. The van der Waals surface area contributed by atoms with Gasteiger partial charge in [-0.2, -0.15) is 0 Å². The number of esters is 1. The molecule has 7 nitrogen and oxygen atoms in total. The summed E-state index contributed by atoms with van der Waals surface area (Å²) < 4.78 is 15.5. The molecule has 0 heterocycles. The van der Waals surface area contributed by atoms with Gasteiger partial charge >= 0.3 is 12.0 Å². The minimum absolute atomic E-state index is 0.120. The van der Waals surface area contributed by atoms with E-state index in [1.165, 1.54) is 0 Å². The minimum atomic E-state index is -0.505. The van der Waals surface area contributed by atoms with Gasteiger partial charge in [0.05, 0.1) is 6.54 Å². The molecule has 0 aromatic rings. The van der Waals surface area contributed by atoms with Gasteiger partial charge in [0.2, 0.25) is 0 Å². The molecular weight excluding hydrogens is 276 g/mol. The van der Waals surface area contributed by atoms with Crippen LogP contribution in [0.25, 0.3) is 0 Å². The third kappa shape index (κ3) is 11.9. The van der Waals surface area contributed by atoms with Crippen molar-refractivity contribution in [3.8, 4) is 0 Å². The average molecular weight is 302 g/mol. The van der Waals surface area contributed by atoms with Gasteiger partial charge in [-0.25, -0.2) is 9.59 Å². The Hall–Kier alpha value is -1.60. The monoisotopic (exact) mass is 302 g/mol. The first kappa shape index (κ1) is 19.4. The van der Waals surface area contributed by atoms with E-state index in [1.807, 2.05) is 13.8 Å². The van der Waals surface area contributed by atoms with Crippen LogP contribution in [0.1, 0.15) is 26.7 Å². The maximum Gasteiger partial charge on any atom is 0.330 e. The Bertz CT molecular complexity index is 304. The van der Waals surface area contributed by atoms with E-state index < -0.39 is 5.97 Å². The van der Waals surface area contributed by atoms with Crippen LogP contribution in [0.3, 0.4) is 0 Å². The van der Waals surface area contributed by atoms with E-state index in [1.54, 1.807) is 0 Å². The van der Waals surface area contributed by atoms with Gasteiger partial charge in [-0.1, -0.05) is 6.58 Å². The van der Waals surface area contributed by atoms with Gasteiger partial charge in [-0.15, -0.1) is 0 Å². The SMILES string of the molecule is C=CC(=O)OCCNC(=O)NCCCC(OCC)OCC. The Kier molecular flexibility index (Phi) is 12.4. The van der Waals surface area contributed by atoms with Crippen molar-refractivity contribution in [2.24, 2.45) is 0 Å². The molecule has 122 valence electrons. The van der Waals surface area contributed by atoms with Crippen LogP contribution in [0.2, 0.25) is 0 Å². The van der Waals surface area contributed by atoms with E-state index in [0.29, 0.717) is 19.8 Å². The van der Waals surface area contributed by atoms with Crippen LogP contribution < -0.4 is 10.6 Å². The molecule has 0 radical (unpaired) electrons. The van der Waals surface area contributed by atoms with Crippen LogP contribution in [-0.2, 0) is 19.0 Å². The molecule has 0 spiro atoms. The van der Waals surface area contributed by atoms with E-state index in [9.17, 15) is 9.59 Å². The fraction of sp³-hybridized carbons (Fsp3) is 0.714. The van der Waals surface area contributed by atoms with Crippen LogP contribution in [-0.4, -0.2) is 51.2 Å². The highest BCUT2D eigenvalue weighted by atomic mass is 16.7.